The summed E-state index contributed by atoms with van der Waals surface area (Å²) >= 11 is 0. The van der Waals surface area contributed by atoms with Crippen LogP contribution in [0.25, 0.3) is 0 Å². The van der Waals surface area contributed by atoms with Crippen molar-refractivity contribution in [2.24, 2.45) is 5.73 Å². The lowest BCUT2D eigenvalue weighted by atomic mass is 10.0. The van der Waals surface area contributed by atoms with E-state index in [1.807, 2.05) is 0 Å². The van der Waals surface area contributed by atoms with Crippen molar-refractivity contribution in [3.05, 3.63) is 72.9 Å². The molecule has 0 aliphatic heterocycles. The average molecular weight is 1040 g/mol. The molecule has 0 amide bonds. The Morgan fingerprint density at radius 3 is 1.12 bits per heavy atom. The first-order valence-electron chi connectivity index (χ1n) is 30.4. The van der Waals surface area contributed by atoms with E-state index < -0.39 is 26.5 Å². The van der Waals surface area contributed by atoms with E-state index in [0.717, 1.165) is 96.3 Å². The van der Waals surface area contributed by atoms with E-state index in [4.69, 9.17) is 24.3 Å². The Kier molecular flexibility index (Phi) is 56.7. The van der Waals surface area contributed by atoms with E-state index in [1.54, 1.807) is 0 Å². The smallest absolute Gasteiger partial charge is 0.462 e. The van der Waals surface area contributed by atoms with Gasteiger partial charge in [-0.3, -0.25) is 18.6 Å². The van der Waals surface area contributed by atoms with Crippen molar-refractivity contribution in [2.45, 2.75) is 290 Å². The Labute approximate surface area is 450 Å². The number of hydrogen-bond donors (Lipinski definition) is 2. The zero-order valence-electron chi connectivity index (χ0n) is 47.4. The second-order valence-corrected chi connectivity index (χ2v) is 21.7. The van der Waals surface area contributed by atoms with Gasteiger partial charge in [-0.25, -0.2) is 4.57 Å². The summed E-state index contributed by atoms with van der Waals surface area (Å²) in [6.07, 6.45) is 75.4. The number of nitrogens with two attached hydrogens (primary N) is 1. The summed E-state index contributed by atoms with van der Waals surface area (Å²) in [5.41, 5.74) is 5.39. The van der Waals surface area contributed by atoms with Gasteiger partial charge >= 0.3 is 19.8 Å². The number of unbranched alkanes of at least 4 members (excludes halogenated alkanes) is 32. The minimum atomic E-state index is -4.40. The fourth-order valence-electron chi connectivity index (χ4n) is 8.64. The van der Waals surface area contributed by atoms with Crippen LogP contribution in [0.3, 0.4) is 0 Å². The van der Waals surface area contributed by atoms with Gasteiger partial charge in [0, 0.05) is 19.4 Å². The van der Waals surface area contributed by atoms with Crippen LogP contribution in [0.15, 0.2) is 72.9 Å². The van der Waals surface area contributed by atoms with E-state index in [2.05, 4.69) is 86.8 Å². The lowest BCUT2D eigenvalue weighted by Crippen LogP contribution is -2.29. The van der Waals surface area contributed by atoms with E-state index in [-0.39, 0.29) is 38.6 Å². The highest BCUT2D eigenvalue weighted by molar-refractivity contribution is 7.47. The zero-order chi connectivity index (χ0) is 53.1. The van der Waals surface area contributed by atoms with Gasteiger partial charge in [-0.15, -0.1) is 0 Å². The number of carbonyl (C=O) groups is 2. The molecule has 3 N–H and O–H groups in total. The van der Waals surface area contributed by atoms with Crippen molar-refractivity contribution in [3.63, 3.8) is 0 Å². The summed E-state index contributed by atoms with van der Waals surface area (Å²) in [4.78, 5) is 35.2. The minimum absolute atomic E-state index is 0.0487. The molecule has 0 fully saturated rings. The second kappa shape index (κ2) is 58.7. The third kappa shape index (κ3) is 58.6. The van der Waals surface area contributed by atoms with Gasteiger partial charge in [0.05, 0.1) is 13.2 Å². The zero-order valence-corrected chi connectivity index (χ0v) is 48.3. The largest absolute Gasteiger partial charge is 0.472 e. The molecule has 0 saturated heterocycles. The highest BCUT2D eigenvalue weighted by Gasteiger charge is 2.26. The first-order valence-corrected chi connectivity index (χ1v) is 31.9. The lowest BCUT2D eigenvalue weighted by molar-refractivity contribution is -0.161. The van der Waals surface area contributed by atoms with Gasteiger partial charge in [-0.05, 0) is 64.2 Å². The standard InChI is InChI=1S/C63H114NO8P/c1-3-5-7-9-11-13-15-17-19-21-23-25-27-29-30-32-33-35-37-39-41-43-45-47-49-51-53-55-62(65)69-59-61(60-71-73(67,68)70-58-57-64)72-63(66)56-54-52-50-48-46-44-42-40-38-36-34-31-28-26-24-22-20-18-16-14-12-10-8-6-4-2/h6,8,12,14,18,20,24,26,31,34,38,40,61H,3-5,7,9-11,13,15-17,19,21-23,25,27-30,32-33,35-37,39,41-60,64H2,1-2H3,(H,67,68)/b8-6-,14-12-,20-18-,26-24-,34-31-,40-38-. The van der Waals surface area contributed by atoms with Crippen LogP contribution >= 0.6 is 7.82 Å². The highest BCUT2D eigenvalue weighted by Crippen LogP contribution is 2.43. The number of phosphoric ester groups is 1. The Morgan fingerprint density at radius 1 is 0.425 bits per heavy atom. The van der Waals surface area contributed by atoms with Gasteiger partial charge in [0.1, 0.15) is 6.61 Å². The molecule has 10 heteroatoms. The maximum atomic E-state index is 12.7. The molecule has 0 rings (SSSR count). The normalized spacial score (nSPS) is 13.5. The number of esters is 2. The number of ether oxygens (including phenoxy) is 2. The number of hydrogen-bond acceptors (Lipinski definition) is 8. The molecular formula is C63H114NO8P. The SMILES string of the molecule is CC/C=C\C/C=C\C/C=C\C/C=C\C/C=C\C/C=C\CCCCCCCCC(=O)OC(COC(=O)CCCCCCCCCCCCCCCCCCCCCCCCCCCCC)COP(=O)(O)OCCN. The van der Waals surface area contributed by atoms with E-state index in [0.29, 0.717) is 6.42 Å². The summed E-state index contributed by atoms with van der Waals surface area (Å²) in [6, 6.07) is 0. The van der Waals surface area contributed by atoms with Crippen LogP contribution in [-0.2, 0) is 32.7 Å². The molecule has 0 aromatic carbocycles. The van der Waals surface area contributed by atoms with Crippen molar-refractivity contribution in [2.75, 3.05) is 26.4 Å². The first-order chi connectivity index (χ1) is 35.8. The fraction of sp³-hybridized carbons (Fsp3) is 0.778. The Hall–Kier alpha value is -2.55. The molecule has 0 aliphatic rings. The molecule has 9 nitrogen and oxygen atoms in total. The molecule has 0 radical (unpaired) electrons. The van der Waals surface area contributed by atoms with Crippen LogP contribution < -0.4 is 5.73 Å². The van der Waals surface area contributed by atoms with E-state index in [1.165, 1.54) is 154 Å². The highest BCUT2D eigenvalue weighted by atomic mass is 31.2. The van der Waals surface area contributed by atoms with Crippen molar-refractivity contribution >= 4 is 19.8 Å². The topological polar surface area (TPSA) is 134 Å². The molecule has 0 aromatic heterocycles. The number of carbonyl (C=O) groups excluding carboxylic acids is 2. The number of allylic oxidation sites excluding steroid dienone is 12. The van der Waals surface area contributed by atoms with Gasteiger partial charge in [-0.1, -0.05) is 279 Å². The summed E-state index contributed by atoms with van der Waals surface area (Å²) in [5.74, 6) is -0.837. The van der Waals surface area contributed by atoms with Gasteiger partial charge in [0.2, 0.25) is 0 Å². The Balaban J connectivity index is 3.97. The molecule has 0 aromatic rings. The van der Waals surface area contributed by atoms with Gasteiger partial charge in [0.15, 0.2) is 6.10 Å². The molecule has 0 heterocycles. The first kappa shape index (κ1) is 70.5. The average Bonchev–Trinajstić information content (AvgIpc) is 3.38. The van der Waals surface area contributed by atoms with Crippen LogP contribution in [-0.4, -0.2) is 49.3 Å². The van der Waals surface area contributed by atoms with Gasteiger partial charge < -0.3 is 20.1 Å². The van der Waals surface area contributed by atoms with Gasteiger partial charge in [-0.2, -0.15) is 0 Å². The van der Waals surface area contributed by atoms with Crippen LogP contribution in [0.5, 0.6) is 0 Å². The lowest BCUT2D eigenvalue weighted by Gasteiger charge is -2.19. The number of rotatable bonds is 57. The quantitative estimate of drug-likeness (QED) is 0.0264. The van der Waals surface area contributed by atoms with E-state index >= 15 is 0 Å². The Bertz CT molecular complexity index is 1420. The molecule has 0 bridgehead atoms. The molecule has 0 aliphatic carbocycles. The third-order valence-electron chi connectivity index (χ3n) is 13.1. The molecule has 2 unspecified atom stereocenters. The molecule has 424 valence electrons. The maximum Gasteiger partial charge on any atom is 0.472 e. The second-order valence-electron chi connectivity index (χ2n) is 20.2. The monoisotopic (exact) mass is 1040 g/mol. The predicted octanol–water partition coefficient (Wildman–Crippen LogP) is 19.3. The van der Waals surface area contributed by atoms with Crippen LogP contribution in [0.4, 0.5) is 0 Å². The van der Waals surface area contributed by atoms with E-state index in [9.17, 15) is 19.0 Å². The third-order valence-corrected chi connectivity index (χ3v) is 14.1. The summed E-state index contributed by atoms with van der Waals surface area (Å²) in [7, 11) is -4.40. The molecule has 2 atom stereocenters. The van der Waals surface area contributed by atoms with Crippen LogP contribution in [0.1, 0.15) is 284 Å². The minimum Gasteiger partial charge on any atom is -0.462 e. The molecule has 0 spiro atoms. The fourth-order valence-corrected chi connectivity index (χ4v) is 9.41. The van der Waals surface area contributed by atoms with Crippen molar-refractivity contribution in [1.29, 1.82) is 0 Å². The van der Waals surface area contributed by atoms with Crippen LogP contribution in [0, 0.1) is 0 Å². The summed E-state index contributed by atoms with van der Waals surface area (Å²) in [6.45, 7) is 3.65. The molecule has 0 saturated carbocycles. The summed E-state index contributed by atoms with van der Waals surface area (Å²) < 4.78 is 33.1. The van der Waals surface area contributed by atoms with Crippen molar-refractivity contribution in [1.82, 2.24) is 0 Å². The van der Waals surface area contributed by atoms with Crippen LogP contribution in [0.2, 0.25) is 0 Å². The Morgan fingerprint density at radius 2 is 0.753 bits per heavy atom. The summed E-state index contributed by atoms with van der Waals surface area (Å²) in [5, 5.41) is 0. The molecular weight excluding hydrogens is 930 g/mol. The number of phosphoric acid groups is 1. The van der Waals surface area contributed by atoms with Crippen molar-refractivity contribution < 1.29 is 37.6 Å². The van der Waals surface area contributed by atoms with Gasteiger partial charge in [0.25, 0.3) is 0 Å². The predicted molar refractivity (Wildman–Crippen MR) is 312 cm³/mol. The maximum absolute atomic E-state index is 12.7. The van der Waals surface area contributed by atoms with Crippen molar-refractivity contribution in [3.8, 4) is 0 Å². The molecule has 73 heavy (non-hydrogen) atoms.